The number of benzene rings is 1. The zero-order chi connectivity index (χ0) is 26.2. The molecule has 2 aromatic rings. The maximum atomic E-state index is 12.9. The SMILES string of the molecule is C#CCN(C)C(=O)[C@@H](C)[C@@H]1CC[C@@]2(C)Cc3sc(NC(=O)c4ccc(OC)cc4)nc3[C@@H](C)[C@@H]2[C@H]1O. The van der Waals surface area contributed by atoms with Gasteiger partial charge in [-0.05, 0) is 60.8 Å². The number of aliphatic hydroxyl groups excluding tert-OH is 1. The van der Waals surface area contributed by atoms with Crippen LogP contribution in [0.4, 0.5) is 5.13 Å². The molecule has 1 heterocycles. The number of thiazole rings is 1. The third-order valence-electron chi connectivity index (χ3n) is 8.23. The molecule has 0 spiro atoms. The Balaban J connectivity index is 1.53. The van der Waals surface area contributed by atoms with Gasteiger partial charge in [0.15, 0.2) is 5.13 Å². The molecule has 2 aliphatic rings. The molecular formula is C28H35N3O4S. The van der Waals surface area contributed by atoms with E-state index in [1.807, 2.05) is 6.92 Å². The quantitative estimate of drug-likeness (QED) is 0.570. The lowest BCUT2D eigenvalue weighted by atomic mass is 9.53. The molecule has 1 aromatic heterocycles. The highest BCUT2D eigenvalue weighted by molar-refractivity contribution is 7.15. The van der Waals surface area contributed by atoms with Crippen LogP contribution in [-0.4, -0.2) is 53.6 Å². The highest BCUT2D eigenvalue weighted by Gasteiger charge is 2.54. The molecule has 2 aliphatic carbocycles. The fraction of sp³-hybridized carbons (Fsp3) is 0.536. The maximum Gasteiger partial charge on any atom is 0.257 e. The monoisotopic (exact) mass is 509 g/mol. The molecule has 0 bridgehead atoms. The third-order valence-corrected chi connectivity index (χ3v) is 9.22. The lowest BCUT2D eigenvalue weighted by Crippen LogP contribution is -2.53. The van der Waals surface area contributed by atoms with Crippen LogP contribution in [0.3, 0.4) is 0 Å². The van der Waals surface area contributed by atoms with Crippen LogP contribution in [0.5, 0.6) is 5.75 Å². The molecule has 4 rings (SSSR count). The number of amides is 2. The molecule has 0 radical (unpaired) electrons. The van der Waals surface area contributed by atoms with Crippen molar-refractivity contribution in [2.45, 2.75) is 52.1 Å². The predicted molar refractivity (Wildman–Crippen MR) is 141 cm³/mol. The number of ether oxygens (including phenoxy) is 1. The van der Waals surface area contributed by atoms with Gasteiger partial charge in [-0.1, -0.05) is 26.7 Å². The minimum absolute atomic E-state index is 0.00479. The molecule has 36 heavy (non-hydrogen) atoms. The van der Waals surface area contributed by atoms with E-state index in [0.29, 0.717) is 16.4 Å². The largest absolute Gasteiger partial charge is 0.497 e. The van der Waals surface area contributed by atoms with E-state index < -0.39 is 6.10 Å². The minimum Gasteiger partial charge on any atom is -0.497 e. The summed E-state index contributed by atoms with van der Waals surface area (Å²) in [5, 5.41) is 15.1. The first-order valence-electron chi connectivity index (χ1n) is 12.4. The molecule has 6 atom stereocenters. The summed E-state index contributed by atoms with van der Waals surface area (Å²) < 4.78 is 5.17. The average molecular weight is 510 g/mol. The van der Waals surface area contributed by atoms with E-state index in [4.69, 9.17) is 16.1 Å². The number of anilines is 1. The number of carbonyl (C=O) groups is 2. The molecule has 0 saturated heterocycles. The van der Waals surface area contributed by atoms with E-state index in [0.717, 1.165) is 29.8 Å². The fourth-order valence-corrected chi connectivity index (χ4v) is 7.52. The number of methoxy groups -OCH3 is 1. The van der Waals surface area contributed by atoms with E-state index in [2.05, 4.69) is 25.1 Å². The zero-order valence-corrected chi connectivity index (χ0v) is 22.4. The highest BCUT2D eigenvalue weighted by atomic mass is 32.1. The second-order valence-corrected chi connectivity index (χ2v) is 11.6. The summed E-state index contributed by atoms with van der Waals surface area (Å²) >= 11 is 1.52. The molecule has 2 amide bonds. The van der Waals surface area contributed by atoms with Crippen molar-refractivity contribution < 1.29 is 19.4 Å². The van der Waals surface area contributed by atoms with Crippen LogP contribution in [-0.2, 0) is 11.2 Å². The van der Waals surface area contributed by atoms with Gasteiger partial charge in [0.2, 0.25) is 5.91 Å². The van der Waals surface area contributed by atoms with Crippen LogP contribution < -0.4 is 10.1 Å². The van der Waals surface area contributed by atoms with Crippen LogP contribution in [0.25, 0.3) is 0 Å². The van der Waals surface area contributed by atoms with Gasteiger partial charge >= 0.3 is 0 Å². The normalized spacial score (nSPS) is 27.7. The number of nitrogens with zero attached hydrogens (tertiary/aromatic N) is 2. The first-order valence-corrected chi connectivity index (χ1v) is 13.2. The van der Waals surface area contributed by atoms with Crippen LogP contribution in [0.1, 0.15) is 60.5 Å². The van der Waals surface area contributed by atoms with Gasteiger partial charge < -0.3 is 14.7 Å². The minimum atomic E-state index is -0.621. The molecule has 1 aromatic carbocycles. The summed E-state index contributed by atoms with van der Waals surface area (Å²) in [7, 11) is 3.30. The second-order valence-electron chi connectivity index (χ2n) is 10.5. The van der Waals surface area contributed by atoms with Crippen molar-refractivity contribution in [3.63, 3.8) is 0 Å². The number of terminal acetylenes is 1. The molecule has 0 aliphatic heterocycles. The summed E-state index contributed by atoms with van der Waals surface area (Å²) in [6, 6.07) is 6.95. The van der Waals surface area contributed by atoms with Gasteiger partial charge in [-0.15, -0.1) is 17.8 Å². The molecule has 8 heteroatoms. The second kappa shape index (κ2) is 10.2. The van der Waals surface area contributed by atoms with Gasteiger partial charge in [0.1, 0.15) is 5.75 Å². The van der Waals surface area contributed by atoms with Crippen LogP contribution in [0.2, 0.25) is 0 Å². The first-order chi connectivity index (χ1) is 17.1. The lowest BCUT2D eigenvalue weighted by molar-refractivity contribution is -0.142. The number of aliphatic hydroxyl groups is 1. The van der Waals surface area contributed by atoms with Crippen molar-refractivity contribution in [3.8, 4) is 18.1 Å². The van der Waals surface area contributed by atoms with Crippen LogP contribution in [0.15, 0.2) is 24.3 Å². The van der Waals surface area contributed by atoms with Crippen molar-refractivity contribution in [1.82, 2.24) is 9.88 Å². The Morgan fingerprint density at radius 2 is 2.08 bits per heavy atom. The van der Waals surface area contributed by atoms with Crippen molar-refractivity contribution in [1.29, 1.82) is 0 Å². The van der Waals surface area contributed by atoms with Crippen LogP contribution >= 0.6 is 11.3 Å². The van der Waals surface area contributed by atoms with Crippen molar-refractivity contribution in [2.75, 3.05) is 26.0 Å². The molecule has 192 valence electrons. The maximum absolute atomic E-state index is 12.9. The number of hydrogen-bond acceptors (Lipinski definition) is 6. The smallest absolute Gasteiger partial charge is 0.257 e. The number of nitrogens with one attached hydrogen (secondary N) is 1. The fourth-order valence-electron chi connectivity index (χ4n) is 6.26. The number of aromatic nitrogens is 1. The number of fused-ring (bicyclic) bond motifs is 2. The molecule has 0 unspecified atom stereocenters. The summed E-state index contributed by atoms with van der Waals surface area (Å²) in [6.07, 6.45) is 7.27. The van der Waals surface area contributed by atoms with E-state index in [1.54, 1.807) is 43.3 Å². The molecule has 1 saturated carbocycles. The van der Waals surface area contributed by atoms with Crippen molar-refractivity contribution in [3.05, 3.63) is 40.4 Å². The summed E-state index contributed by atoms with van der Waals surface area (Å²) in [5.74, 6) is 2.50. The van der Waals surface area contributed by atoms with Crippen molar-refractivity contribution >= 4 is 28.3 Å². The molecule has 7 nitrogen and oxygen atoms in total. The number of hydrogen-bond donors (Lipinski definition) is 2. The Bertz CT molecular complexity index is 1170. The Morgan fingerprint density at radius 3 is 2.72 bits per heavy atom. The topological polar surface area (TPSA) is 91.8 Å². The van der Waals surface area contributed by atoms with E-state index in [9.17, 15) is 14.7 Å². The third kappa shape index (κ3) is 4.74. The zero-order valence-electron chi connectivity index (χ0n) is 21.6. The van der Waals surface area contributed by atoms with Gasteiger partial charge in [-0.2, -0.15) is 0 Å². The van der Waals surface area contributed by atoms with Crippen LogP contribution in [0, 0.1) is 35.5 Å². The highest BCUT2D eigenvalue weighted by Crippen LogP contribution is 2.57. The number of rotatable bonds is 6. The average Bonchev–Trinajstić information content (AvgIpc) is 3.25. The Kier molecular flexibility index (Phi) is 7.44. The summed E-state index contributed by atoms with van der Waals surface area (Å²) in [4.78, 5) is 33.2. The van der Waals surface area contributed by atoms with E-state index in [-0.39, 0.29) is 47.4 Å². The van der Waals surface area contributed by atoms with Gasteiger partial charge in [0, 0.05) is 29.3 Å². The lowest BCUT2D eigenvalue weighted by Gasteiger charge is -2.53. The standard InChI is InChI=1S/C28H35N3O4S/c1-7-14-31(5)26(34)16(2)20-12-13-28(4)15-21-23(17(3)22(28)24(20)32)29-27(36-21)30-25(33)18-8-10-19(35-6)11-9-18/h1,8-11,16-17,20,22,24,32H,12-15H2,2-6H3,(H,29,30,33)/t16-,17-,20-,22+,24-,28-/m0/s1. The molecular weight excluding hydrogens is 474 g/mol. The van der Waals surface area contributed by atoms with E-state index in [1.165, 1.54) is 11.3 Å². The molecule has 2 N–H and O–H groups in total. The Labute approximate surface area is 217 Å². The predicted octanol–water partition coefficient (Wildman–Crippen LogP) is 4.18. The summed E-state index contributed by atoms with van der Waals surface area (Å²) in [6.45, 7) is 6.51. The number of carbonyl (C=O) groups excluding carboxylic acids is 2. The Hall–Kier alpha value is -2.89. The van der Waals surface area contributed by atoms with E-state index >= 15 is 0 Å². The van der Waals surface area contributed by atoms with Gasteiger partial charge in [0.05, 0.1) is 25.5 Å². The first kappa shape index (κ1) is 26.2. The van der Waals surface area contributed by atoms with Gasteiger partial charge in [-0.25, -0.2) is 4.98 Å². The van der Waals surface area contributed by atoms with Gasteiger partial charge in [0.25, 0.3) is 5.91 Å². The van der Waals surface area contributed by atoms with Gasteiger partial charge in [-0.3, -0.25) is 14.9 Å². The summed E-state index contributed by atoms with van der Waals surface area (Å²) in [5.41, 5.74) is 1.37. The Morgan fingerprint density at radius 1 is 1.39 bits per heavy atom. The molecule has 1 fully saturated rings. The van der Waals surface area contributed by atoms with Crippen molar-refractivity contribution in [2.24, 2.45) is 23.2 Å².